The molecule has 0 bridgehead atoms. The van der Waals surface area contributed by atoms with Crippen molar-refractivity contribution in [2.45, 2.75) is 44.1 Å². The number of aryl methyl sites for hydroxylation is 1. The summed E-state index contributed by atoms with van der Waals surface area (Å²) in [4.78, 5) is 0. The van der Waals surface area contributed by atoms with E-state index in [9.17, 15) is 0 Å². The van der Waals surface area contributed by atoms with Crippen LogP contribution in [0.2, 0.25) is 0 Å². The maximum atomic E-state index is 4.60. The standard InChI is InChI=1S/C18H25N3/c1-3-18(14-19-16-9-10-16,15-7-5-4-6-8-15)13-17-11-12-21(2)20-17/h4-8,11-12,16,19H,3,9-10,13-14H2,1-2H3. The summed E-state index contributed by atoms with van der Waals surface area (Å²) in [5.41, 5.74) is 2.74. The molecule has 0 radical (unpaired) electrons. The van der Waals surface area contributed by atoms with Crippen molar-refractivity contribution in [3.05, 3.63) is 53.9 Å². The molecule has 1 saturated carbocycles. The molecule has 1 aliphatic carbocycles. The molecular weight excluding hydrogens is 258 g/mol. The van der Waals surface area contributed by atoms with Gasteiger partial charge in [0.1, 0.15) is 0 Å². The van der Waals surface area contributed by atoms with E-state index in [0.29, 0.717) is 0 Å². The third kappa shape index (κ3) is 3.35. The average molecular weight is 283 g/mol. The van der Waals surface area contributed by atoms with Crippen LogP contribution in [0.3, 0.4) is 0 Å². The highest BCUT2D eigenvalue weighted by molar-refractivity contribution is 5.28. The van der Waals surface area contributed by atoms with Crippen molar-refractivity contribution in [1.82, 2.24) is 15.1 Å². The fraction of sp³-hybridized carbons (Fsp3) is 0.500. The number of nitrogens with one attached hydrogen (secondary N) is 1. The second-order valence-corrected chi connectivity index (χ2v) is 6.31. The van der Waals surface area contributed by atoms with Crippen LogP contribution in [0.5, 0.6) is 0 Å². The van der Waals surface area contributed by atoms with Gasteiger partial charge in [0.2, 0.25) is 0 Å². The summed E-state index contributed by atoms with van der Waals surface area (Å²) in [6.45, 7) is 3.33. The van der Waals surface area contributed by atoms with Crippen LogP contribution in [-0.2, 0) is 18.9 Å². The zero-order valence-corrected chi connectivity index (χ0v) is 13.0. The molecule has 1 unspecified atom stereocenters. The predicted octanol–water partition coefficient (Wildman–Crippen LogP) is 3.06. The van der Waals surface area contributed by atoms with Gasteiger partial charge in [0.25, 0.3) is 0 Å². The SMILES string of the molecule is CCC(CNC1CC1)(Cc1ccn(C)n1)c1ccccc1. The first-order valence-electron chi connectivity index (χ1n) is 7.99. The summed E-state index contributed by atoms with van der Waals surface area (Å²) in [5, 5.41) is 8.34. The molecule has 1 aromatic carbocycles. The lowest BCUT2D eigenvalue weighted by molar-refractivity contribution is 0.372. The second kappa shape index (κ2) is 6.02. The Hall–Kier alpha value is -1.61. The molecule has 1 N–H and O–H groups in total. The highest BCUT2D eigenvalue weighted by atomic mass is 15.2. The monoisotopic (exact) mass is 283 g/mol. The summed E-state index contributed by atoms with van der Waals surface area (Å²) in [6.07, 6.45) is 6.81. The van der Waals surface area contributed by atoms with Crippen LogP contribution >= 0.6 is 0 Å². The minimum absolute atomic E-state index is 0.137. The van der Waals surface area contributed by atoms with E-state index >= 15 is 0 Å². The van der Waals surface area contributed by atoms with Gasteiger partial charge in [-0.05, 0) is 30.9 Å². The van der Waals surface area contributed by atoms with E-state index in [0.717, 1.165) is 25.4 Å². The molecule has 1 fully saturated rings. The highest BCUT2D eigenvalue weighted by Gasteiger charge is 2.33. The molecule has 1 aromatic heterocycles. The van der Waals surface area contributed by atoms with Crippen LogP contribution in [-0.4, -0.2) is 22.4 Å². The van der Waals surface area contributed by atoms with Crippen molar-refractivity contribution in [1.29, 1.82) is 0 Å². The van der Waals surface area contributed by atoms with Crippen molar-refractivity contribution in [3.63, 3.8) is 0 Å². The molecule has 1 atom stereocenters. The summed E-state index contributed by atoms with van der Waals surface area (Å²) < 4.78 is 1.90. The molecule has 112 valence electrons. The normalized spacial score (nSPS) is 17.6. The first-order valence-corrected chi connectivity index (χ1v) is 7.99. The number of nitrogens with zero attached hydrogens (tertiary/aromatic N) is 2. The fourth-order valence-electron chi connectivity index (χ4n) is 3.04. The summed E-state index contributed by atoms with van der Waals surface area (Å²) in [6, 6.07) is 13.8. The topological polar surface area (TPSA) is 29.9 Å². The predicted molar refractivity (Wildman–Crippen MR) is 86.3 cm³/mol. The molecule has 3 rings (SSSR count). The van der Waals surface area contributed by atoms with E-state index in [4.69, 9.17) is 0 Å². The minimum Gasteiger partial charge on any atom is -0.313 e. The Kier molecular flexibility index (Phi) is 4.11. The van der Waals surface area contributed by atoms with Crippen molar-refractivity contribution >= 4 is 0 Å². The molecule has 1 aliphatic rings. The smallest absolute Gasteiger partial charge is 0.0633 e. The van der Waals surface area contributed by atoms with Gasteiger partial charge in [-0.25, -0.2) is 0 Å². The first kappa shape index (κ1) is 14.3. The van der Waals surface area contributed by atoms with Gasteiger partial charge in [0.05, 0.1) is 5.69 Å². The van der Waals surface area contributed by atoms with E-state index in [-0.39, 0.29) is 5.41 Å². The number of rotatable bonds is 7. The lowest BCUT2D eigenvalue weighted by atomic mass is 9.74. The molecule has 0 amide bonds. The summed E-state index contributed by atoms with van der Waals surface area (Å²) >= 11 is 0. The van der Waals surface area contributed by atoms with E-state index < -0.39 is 0 Å². The number of benzene rings is 1. The van der Waals surface area contributed by atoms with Gasteiger partial charge in [-0.15, -0.1) is 0 Å². The zero-order chi connectivity index (χ0) is 14.7. The zero-order valence-electron chi connectivity index (χ0n) is 13.0. The molecule has 0 saturated heterocycles. The Labute approximate surface area is 127 Å². The van der Waals surface area contributed by atoms with Crippen molar-refractivity contribution in [3.8, 4) is 0 Å². The van der Waals surface area contributed by atoms with Gasteiger partial charge >= 0.3 is 0 Å². The van der Waals surface area contributed by atoms with Crippen LogP contribution < -0.4 is 5.32 Å². The molecule has 3 nitrogen and oxygen atoms in total. The molecule has 2 aromatic rings. The van der Waals surface area contributed by atoms with E-state index in [2.05, 4.69) is 53.7 Å². The maximum Gasteiger partial charge on any atom is 0.0633 e. The third-order valence-corrected chi connectivity index (χ3v) is 4.66. The van der Waals surface area contributed by atoms with E-state index in [1.807, 2.05) is 17.9 Å². The summed E-state index contributed by atoms with van der Waals surface area (Å²) in [5.74, 6) is 0. The van der Waals surface area contributed by atoms with Gasteiger partial charge in [0, 0.05) is 37.7 Å². The molecule has 1 heterocycles. The third-order valence-electron chi connectivity index (χ3n) is 4.66. The second-order valence-electron chi connectivity index (χ2n) is 6.31. The fourth-order valence-corrected chi connectivity index (χ4v) is 3.04. The number of aromatic nitrogens is 2. The minimum atomic E-state index is 0.137. The Morgan fingerprint density at radius 3 is 2.57 bits per heavy atom. The van der Waals surface area contributed by atoms with Crippen molar-refractivity contribution < 1.29 is 0 Å². The number of hydrogen-bond donors (Lipinski definition) is 1. The Morgan fingerprint density at radius 2 is 2.00 bits per heavy atom. The molecule has 0 aliphatic heterocycles. The lowest BCUT2D eigenvalue weighted by Crippen LogP contribution is -2.40. The quantitative estimate of drug-likeness (QED) is 0.846. The number of hydrogen-bond acceptors (Lipinski definition) is 2. The highest BCUT2D eigenvalue weighted by Crippen LogP contribution is 2.32. The first-order chi connectivity index (χ1) is 10.2. The molecule has 3 heteroatoms. The van der Waals surface area contributed by atoms with Crippen LogP contribution in [0.1, 0.15) is 37.4 Å². The molecular formula is C18H25N3. The Balaban J connectivity index is 1.87. The van der Waals surface area contributed by atoms with Crippen molar-refractivity contribution in [2.75, 3.05) is 6.54 Å². The average Bonchev–Trinajstić information content (AvgIpc) is 3.26. The van der Waals surface area contributed by atoms with Crippen LogP contribution in [0, 0.1) is 0 Å². The molecule has 0 spiro atoms. The Bertz CT molecular complexity index is 571. The van der Waals surface area contributed by atoms with Gasteiger partial charge in [0.15, 0.2) is 0 Å². The van der Waals surface area contributed by atoms with Crippen LogP contribution in [0.25, 0.3) is 0 Å². The molecule has 21 heavy (non-hydrogen) atoms. The lowest BCUT2D eigenvalue weighted by Gasteiger charge is -2.33. The van der Waals surface area contributed by atoms with E-state index in [1.165, 1.54) is 24.1 Å². The summed E-state index contributed by atoms with van der Waals surface area (Å²) in [7, 11) is 1.99. The van der Waals surface area contributed by atoms with Gasteiger partial charge in [-0.2, -0.15) is 5.10 Å². The maximum absolute atomic E-state index is 4.60. The largest absolute Gasteiger partial charge is 0.313 e. The van der Waals surface area contributed by atoms with Crippen LogP contribution in [0.4, 0.5) is 0 Å². The van der Waals surface area contributed by atoms with Gasteiger partial charge in [-0.1, -0.05) is 37.3 Å². The Morgan fingerprint density at radius 1 is 1.24 bits per heavy atom. The van der Waals surface area contributed by atoms with Crippen molar-refractivity contribution in [2.24, 2.45) is 7.05 Å². The van der Waals surface area contributed by atoms with Gasteiger partial charge < -0.3 is 5.32 Å². The van der Waals surface area contributed by atoms with Crippen LogP contribution in [0.15, 0.2) is 42.6 Å². The van der Waals surface area contributed by atoms with Gasteiger partial charge in [-0.3, -0.25) is 4.68 Å². The van der Waals surface area contributed by atoms with E-state index in [1.54, 1.807) is 0 Å².